The van der Waals surface area contributed by atoms with Crippen molar-refractivity contribution in [2.75, 3.05) is 26.7 Å². The van der Waals surface area contributed by atoms with Crippen LogP contribution in [0.2, 0.25) is 0 Å². The van der Waals surface area contributed by atoms with Crippen molar-refractivity contribution in [2.24, 2.45) is 10.9 Å². The highest BCUT2D eigenvalue weighted by atomic mass is 16.2. The van der Waals surface area contributed by atoms with E-state index in [0.717, 1.165) is 19.5 Å². The van der Waals surface area contributed by atoms with Crippen LogP contribution >= 0.6 is 0 Å². The van der Waals surface area contributed by atoms with E-state index in [1.54, 1.807) is 7.05 Å². The molecule has 2 rings (SSSR count). The first-order valence-electron chi connectivity index (χ1n) is 7.89. The monoisotopic (exact) mass is 302 g/mol. The first kappa shape index (κ1) is 16.3. The highest BCUT2D eigenvalue weighted by molar-refractivity contribution is 5.86. The minimum absolute atomic E-state index is 0.113. The Morgan fingerprint density at radius 1 is 1.27 bits per heavy atom. The number of guanidine groups is 1. The van der Waals surface area contributed by atoms with Gasteiger partial charge in [0.05, 0.1) is 6.54 Å². The van der Waals surface area contributed by atoms with E-state index < -0.39 is 0 Å². The molecule has 1 aromatic carbocycles. The normalized spacial score (nSPS) is 14.7. The average molecular weight is 302 g/mol. The van der Waals surface area contributed by atoms with Crippen LogP contribution in [0.25, 0.3) is 0 Å². The zero-order valence-electron chi connectivity index (χ0n) is 13.7. The summed E-state index contributed by atoms with van der Waals surface area (Å²) in [4.78, 5) is 18.4. The van der Waals surface area contributed by atoms with E-state index in [4.69, 9.17) is 0 Å². The van der Waals surface area contributed by atoms with E-state index in [9.17, 15) is 4.79 Å². The van der Waals surface area contributed by atoms with Gasteiger partial charge in [-0.3, -0.25) is 9.79 Å². The van der Waals surface area contributed by atoms with Gasteiger partial charge in [-0.15, -0.1) is 0 Å². The molecule has 5 nitrogen and oxygen atoms in total. The van der Waals surface area contributed by atoms with Crippen molar-refractivity contribution in [2.45, 2.75) is 26.8 Å². The lowest BCUT2D eigenvalue weighted by Crippen LogP contribution is -2.46. The Labute approximate surface area is 132 Å². The van der Waals surface area contributed by atoms with Crippen LogP contribution in [0.15, 0.2) is 29.3 Å². The van der Waals surface area contributed by atoms with E-state index >= 15 is 0 Å². The Morgan fingerprint density at radius 3 is 2.68 bits per heavy atom. The van der Waals surface area contributed by atoms with Gasteiger partial charge in [-0.05, 0) is 23.5 Å². The number of carbonyl (C=O) groups excluding carboxylic acids is 1. The lowest BCUT2D eigenvalue weighted by molar-refractivity contribution is -0.130. The third-order valence-corrected chi connectivity index (χ3v) is 3.79. The minimum Gasteiger partial charge on any atom is -0.356 e. The Morgan fingerprint density at radius 2 is 2.00 bits per heavy atom. The van der Waals surface area contributed by atoms with Crippen molar-refractivity contribution in [3.8, 4) is 0 Å². The maximum atomic E-state index is 12.3. The molecule has 0 saturated carbocycles. The van der Waals surface area contributed by atoms with E-state index in [0.29, 0.717) is 18.4 Å². The van der Waals surface area contributed by atoms with Crippen LogP contribution in [-0.2, 0) is 17.8 Å². The Hall–Kier alpha value is -2.04. The summed E-state index contributed by atoms with van der Waals surface area (Å²) in [5.41, 5.74) is 2.61. The number of hydrogen-bond donors (Lipinski definition) is 2. The van der Waals surface area contributed by atoms with Gasteiger partial charge < -0.3 is 15.5 Å². The molecule has 0 bridgehead atoms. The minimum atomic E-state index is 0.113. The molecule has 1 aliphatic rings. The largest absolute Gasteiger partial charge is 0.356 e. The third kappa shape index (κ3) is 4.48. The number of hydrogen-bond acceptors (Lipinski definition) is 2. The van der Waals surface area contributed by atoms with Gasteiger partial charge in [0.2, 0.25) is 5.91 Å². The lowest BCUT2D eigenvalue weighted by Gasteiger charge is -2.29. The number of amides is 1. The van der Waals surface area contributed by atoms with Crippen molar-refractivity contribution in [3.05, 3.63) is 35.4 Å². The zero-order chi connectivity index (χ0) is 15.9. The highest BCUT2D eigenvalue weighted by Crippen LogP contribution is 2.18. The topological polar surface area (TPSA) is 56.7 Å². The van der Waals surface area contributed by atoms with Crippen LogP contribution in [0.4, 0.5) is 0 Å². The summed E-state index contributed by atoms with van der Waals surface area (Å²) < 4.78 is 0. The highest BCUT2D eigenvalue weighted by Gasteiger charge is 2.20. The first-order chi connectivity index (χ1) is 10.6. The van der Waals surface area contributed by atoms with Crippen LogP contribution in [0, 0.1) is 5.92 Å². The molecule has 2 N–H and O–H groups in total. The predicted molar refractivity (Wildman–Crippen MR) is 89.8 cm³/mol. The van der Waals surface area contributed by atoms with Gasteiger partial charge in [-0.1, -0.05) is 38.1 Å². The number of fused-ring (bicyclic) bond motifs is 1. The molecule has 0 saturated heterocycles. The maximum Gasteiger partial charge on any atom is 0.242 e. The van der Waals surface area contributed by atoms with Gasteiger partial charge in [0, 0.05) is 26.7 Å². The Kier molecular flexibility index (Phi) is 5.81. The predicted octanol–water partition coefficient (Wildman–Crippen LogP) is 1.39. The fourth-order valence-corrected chi connectivity index (χ4v) is 2.50. The maximum absolute atomic E-state index is 12.3. The van der Waals surface area contributed by atoms with Crippen molar-refractivity contribution in [3.63, 3.8) is 0 Å². The van der Waals surface area contributed by atoms with Crippen molar-refractivity contribution in [1.29, 1.82) is 0 Å². The molecule has 0 fully saturated rings. The second-order valence-electron chi connectivity index (χ2n) is 6.03. The smallest absolute Gasteiger partial charge is 0.242 e. The van der Waals surface area contributed by atoms with Crippen LogP contribution in [0.3, 0.4) is 0 Å². The molecule has 0 radical (unpaired) electrons. The lowest BCUT2D eigenvalue weighted by atomic mass is 10.00. The van der Waals surface area contributed by atoms with E-state index in [2.05, 4.69) is 47.7 Å². The Bertz CT molecular complexity index is 539. The number of aliphatic imine (C=N–C) groups is 1. The quantitative estimate of drug-likeness (QED) is 0.653. The number of carbonyl (C=O) groups is 1. The fourth-order valence-electron chi connectivity index (χ4n) is 2.50. The molecule has 0 aliphatic carbocycles. The summed E-state index contributed by atoms with van der Waals surface area (Å²) in [5.74, 6) is 1.33. The van der Waals surface area contributed by atoms with Gasteiger partial charge in [0.15, 0.2) is 5.96 Å². The molecular weight excluding hydrogens is 276 g/mol. The van der Waals surface area contributed by atoms with Crippen LogP contribution in [0.5, 0.6) is 0 Å². The molecule has 0 atom stereocenters. The van der Waals surface area contributed by atoms with Gasteiger partial charge >= 0.3 is 0 Å². The molecule has 1 aromatic rings. The molecule has 1 aliphatic heterocycles. The van der Waals surface area contributed by atoms with E-state index in [-0.39, 0.29) is 12.5 Å². The van der Waals surface area contributed by atoms with Crippen molar-refractivity contribution in [1.82, 2.24) is 15.5 Å². The van der Waals surface area contributed by atoms with Crippen LogP contribution in [-0.4, -0.2) is 43.4 Å². The Balaban J connectivity index is 1.83. The summed E-state index contributed by atoms with van der Waals surface area (Å²) in [6.07, 6.45) is 0.933. The number of nitrogens with one attached hydrogen (secondary N) is 2. The van der Waals surface area contributed by atoms with E-state index in [1.165, 1.54) is 11.1 Å². The summed E-state index contributed by atoms with van der Waals surface area (Å²) in [7, 11) is 1.72. The van der Waals surface area contributed by atoms with Crippen LogP contribution in [0.1, 0.15) is 25.0 Å². The standard InChI is InChI=1S/C17H26N4O/c1-13(2)10-19-17(18-3)20-11-16(22)21-9-8-14-6-4-5-7-15(14)12-21/h4-7,13H,8-12H2,1-3H3,(H2,18,19,20). The molecule has 5 heteroatoms. The van der Waals surface area contributed by atoms with Crippen LogP contribution < -0.4 is 10.6 Å². The molecule has 0 aromatic heterocycles. The van der Waals surface area contributed by atoms with Crippen molar-refractivity contribution < 1.29 is 4.79 Å². The number of benzene rings is 1. The SMILES string of the molecule is CN=C(NCC(=O)N1CCc2ccccc2C1)NCC(C)C. The number of nitrogens with zero attached hydrogens (tertiary/aromatic N) is 2. The molecule has 0 spiro atoms. The second-order valence-corrected chi connectivity index (χ2v) is 6.03. The zero-order valence-corrected chi connectivity index (χ0v) is 13.7. The van der Waals surface area contributed by atoms with E-state index in [1.807, 2.05) is 11.0 Å². The summed E-state index contributed by atoms with van der Waals surface area (Å²) >= 11 is 0. The molecule has 0 unspecified atom stereocenters. The summed E-state index contributed by atoms with van der Waals surface area (Å²) in [5, 5.41) is 6.30. The van der Waals surface area contributed by atoms with Gasteiger partial charge in [-0.25, -0.2) is 0 Å². The van der Waals surface area contributed by atoms with Gasteiger partial charge in [0.1, 0.15) is 0 Å². The average Bonchev–Trinajstić information content (AvgIpc) is 2.54. The van der Waals surface area contributed by atoms with Gasteiger partial charge in [0.25, 0.3) is 0 Å². The fraction of sp³-hybridized carbons (Fsp3) is 0.529. The summed E-state index contributed by atoms with van der Waals surface area (Å²) in [6.45, 7) is 6.88. The first-order valence-corrected chi connectivity index (χ1v) is 7.89. The number of rotatable bonds is 4. The summed E-state index contributed by atoms with van der Waals surface area (Å²) in [6, 6.07) is 8.34. The second kappa shape index (κ2) is 7.82. The molecule has 22 heavy (non-hydrogen) atoms. The molecule has 1 heterocycles. The third-order valence-electron chi connectivity index (χ3n) is 3.79. The molecule has 120 valence electrons. The molecular formula is C17H26N4O. The van der Waals surface area contributed by atoms with Crippen molar-refractivity contribution >= 4 is 11.9 Å². The van der Waals surface area contributed by atoms with Gasteiger partial charge in [-0.2, -0.15) is 0 Å². The molecule has 1 amide bonds.